The Labute approximate surface area is 147 Å². The lowest BCUT2D eigenvalue weighted by Gasteiger charge is -2.40. The van der Waals surface area contributed by atoms with Gasteiger partial charge in [0.2, 0.25) is 0 Å². The van der Waals surface area contributed by atoms with Crippen LogP contribution in [0.1, 0.15) is 27.7 Å². The maximum absolute atomic E-state index is 6.34. The van der Waals surface area contributed by atoms with E-state index in [9.17, 15) is 0 Å². The Morgan fingerprint density at radius 2 is 1.72 bits per heavy atom. The zero-order valence-corrected chi connectivity index (χ0v) is 15.0. The van der Waals surface area contributed by atoms with Crippen LogP contribution in [0.2, 0.25) is 0 Å². The number of hydrogen-bond acceptors (Lipinski definition) is 6. The van der Waals surface area contributed by atoms with Crippen LogP contribution in [0.4, 0.5) is 5.69 Å². The Balaban J connectivity index is 1.49. The zero-order chi connectivity index (χ0) is 17.4. The first-order valence-corrected chi connectivity index (χ1v) is 9.02. The molecule has 4 aliphatic heterocycles. The van der Waals surface area contributed by atoms with E-state index in [4.69, 9.17) is 23.8 Å². The standard InChI is InChI=1S/C19H25NO5/c1-18(2)12-10-21-15-14(22-17-16(15)23-19(3,4)24-17)13(12)20(25-18)11-8-6-5-7-9-11/h5-9,12-17H,10H2,1-4H3/t12-,13-,14+,15+,16+,17+/m0/s1. The van der Waals surface area contributed by atoms with E-state index in [-0.39, 0.29) is 42.2 Å². The molecule has 0 unspecified atom stereocenters. The molecule has 0 amide bonds. The van der Waals surface area contributed by atoms with E-state index < -0.39 is 5.79 Å². The molecule has 4 fully saturated rings. The molecule has 0 spiro atoms. The number of nitrogens with zero attached hydrogens (tertiary/aromatic N) is 1. The van der Waals surface area contributed by atoms with Gasteiger partial charge in [0.25, 0.3) is 0 Å². The molecule has 1 aromatic carbocycles. The van der Waals surface area contributed by atoms with Crippen molar-refractivity contribution in [1.29, 1.82) is 0 Å². The number of rotatable bonds is 1. The molecule has 0 saturated carbocycles. The van der Waals surface area contributed by atoms with Crippen LogP contribution in [0.5, 0.6) is 0 Å². The van der Waals surface area contributed by atoms with Gasteiger partial charge in [-0.1, -0.05) is 18.2 Å². The highest BCUT2D eigenvalue weighted by Crippen LogP contribution is 2.50. The molecule has 5 rings (SSSR count). The lowest BCUT2D eigenvalue weighted by Crippen LogP contribution is -2.56. The summed E-state index contributed by atoms with van der Waals surface area (Å²) >= 11 is 0. The van der Waals surface area contributed by atoms with Crippen molar-refractivity contribution in [2.45, 2.75) is 69.7 Å². The predicted molar refractivity (Wildman–Crippen MR) is 89.8 cm³/mol. The van der Waals surface area contributed by atoms with Crippen LogP contribution in [0, 0.1) is 5.92 Å². The first kappa shape index (κ1) is 16.0. The fourth-order valence-corrected chi connectivity index (χ4v) is 4.60. The normalized spacial score (nSPS) is 43.6. The van der Waals surface area contributed by atoms with Crippen LogP contribution in [-0.4, -0.2) is 48.6 Å². The van der Waals surface area contributed by atoms with Gasteiger partial charge in [-0.3, -0.25) is 4.84 Å². The average Bonchev–Trinajstić information content (AvgIpc) is 3.13. The molecule has 0 N–H and O–H groups in total. The van der Waals surface area contributed by atoms with Crippen molar-refractivity contribution in [3.63, 3.8) is 0 Å². The summed E-state index contributed by atoms with van der Waals surface area (Å²) in [4.78, 5) is 6.34. The summed E-state index contributed by atoms with van der Waals surface area (Å²) in [6.45, 7) is 8.67. The van der Waals surface area contributed by atoms with Gasteiger partial charge in [-0.2, -0.15) is 0 Å². The SMILES string of the molecule is CC1(C)O[C@H]2O[C@H]3[C@@H](OC[C@H]4[C@@H]3N(c3ccccc3)OC4(C)C)[C@H]2O1. The third-order valence-corrected chi connectivity index (χ3v) is 5.75. The summed E-state index contributed by atoms with van der Waals surface area (Å²) in [7, 11) is 0. The third kappa shape index (κ3) is 2.35. The van der Waals surface area contributed by atoms with Crippen LogP contribution < -0.4 is 5.06 Å². The Morgan fingerprint density at radius 3 is 2.48 bits per heavy atom. The first-order valence-electron chi connectivity index (χ1n) is 9.02. The van der Waals surface area contributed by atoms with E-state index in [1.165, 1.54) is 0 Å². The number of ether oxygens (including phenoxy) is 4. The molecular weight excluding hydrogens is 322 g/mol. The lowest BCUT2D eigenvalue weighted by molar-refractivity contribution is -0.231. The Kier molecular flexibility index (Phi) is 3.32. The number of anilines is 1. The van der Waals surface area contributed by atoms with E-state index in [1.54, 1.807) is 0 Å². The highest BCUT2D eigenvalue weighted by atomic mass is 16.8. The molecule has 6 nitrogen and oxygen atoms in total. The number of hydroxylamine groups is 1. The summed E-state index contributed by atoms with van der Waals surface area (Å²) in [6, 6.07) is 10.2. The maximum Gasteiger partial charge on any atom is 0.190 e. The maximum atomic E-state index is 6.34. The van der Waals surface area contributed by atoms with Gasteiger partial charge in [0.05, 0.1) is 23.9 Å². The minimum absolute atomic E-state index is 0.0667. The van der Waals surface area contributed by atoms with E-state index in [0.717, 1.165) is 5.69 Å². The highest BCUT2D eigenvalue weighted by molar-refractivity contribution is 5.47. The molecule has 4 aliphatic rings. The third-order valence-electron chi connectivity index (χ3n) is 5.75. The summed E-state index contributed by atoms with van der Waals surface area (Å²) in [5.74, 6) is -0.425. The van der Waals surface area contributed by atoms with Crippen molar-refractivity contribution >= 4 is 5.69 Å². The van der Waals surface area contributed by atoms with Gasteiger partial charge in [-0.15, -0.1) is 0 Å². The van der Waals surface area contributed by atoms with Gasteiger partial charge in [-0.05, 0) is 39.8 Å². The summed E-state index contributed by atoms with van der Waals surface area (Å²) < 4.78 is 24.5. The molecule has 0 bridgehead atoms. The second-order valence-electron chi connectivity index (χ2n) is 8.32. The van der Waals surface area contributed by atoms with Crippen molar-refractivity contribution in [2.75, 3.05) is 11.7 Å². The quantitative estimate of drug-likeness (QED) is 0.778. The van der Waals surface area contributed by atoms with Crippen molar-refractivity contribution in [3.05, 3.63) is 30.3 Å². The molecule has 25 heavy (non-hydrogen) atoms. The smallest absolute Gasteiger partial charge is 0.190 e. The number of hydrogen-bond donors (Lipinski definition) is 0. The molecule has 1 aromatic rings. The van der Waals surface area contributed by atoms with Gasteiger partial charge in [0.15, 0.2) is 12.1 Å². The monoisotopic (exact) mass is 347 g/mol. The minimum atomic E-state index is -0.634. The van der Waals surface area contributed by atoms with Gasteiger partial charge in [0.1, 0.15) is 18.3 Å². The molecule has 0 aliphatic carbocycles. The molecule has 4 heterocycles. The average molecular weight is 347 g/mol. The summed E-state index contributed by atoms with van der Waals surface area (Å²) in [5.41, 5.74) is 0.708. The van der Waals surface area contributed by atoms with Crippen LogP contribution in [0.25, 0.3) is 0 Å². The molecular formula is C19H25NO5. The summed E-state index contributed by atoms with van der Waals surface area (Å²) in [5, 5.41) is 2.01. The second-order valence-corrected chi connectivity index (χ2v) is 8.32. The van der Waals surface area contributed by atoms with Crippen LogP contribution in [0.3, 0.4) is 0 Å². The van der Waals surface area contributed by atoms with Crippen LogP contribution in [-0.2, 0) is 23.8 Å². The topological polar surface area (TPSA) is 49.4 Å². The van der Waals surface area contributed by atoms with Crippen molar-refractivity contribution < 1.29 is 23.8 Å². The van der Waals surface area contributed by atoms with Crippen molar-refractivity contribution in [3.8, 4) is 0 Å². The minimum Gasteiger partial charge on any atom is -0.372 e. The first-order chi connectivity index (χ1) is 11.9. The van der Waals surface area contributed by atoms with Gasteiger partial charge in [-0.25, -0.2) is 5.06 Å². The highest BCUT2D eigenvalue weighted by Gasteiger charge is 2.65. The van der Waals surface area contributed by atoms with Crippen molar-refractivity contribution in [1.82, 2.24) is 0 Å². The van der Waals surface area contributed by atoms with Gasteiger partial charge in [0, 0.05) is 5.92 Å². The lowest BCUT2D eigenvalue weighted by atomic mass is 9.80. The molecule has 0 aromatic heterocycles. The molecule has 6 atom stereocenters. The Morgan fingerprint density at radius 1 is 0.960 bits per heavy atom. The van der Waals surface area contributed by atoms with Crippen LogP contribution in [0.15, 0.2) is 30.3 Å². The summed E-state index contributed by atoms with van der Waals surface area (Å²) in [6.07, 6.45) is -0.865. The predicted octanol–water partition coefficient (Wildman–Crippen LogP) is 2.48. The fourth-order valence-electron chi connectivity index (χ4n) is 4.60. The molecule has 136 valence electrons. The molecule has 0 radical (unpaired) electrons. The van der Waals surface area contributed by atoms with Gasteiger partial charge < -0.3 is 18.9 Å². The van der Waals surface area contributed by atoms with E-state index in [0.29, 0.717) is 6.61 Å². The largest absolute Gasteiger partial charge is 0.372 e. The molecule has 6 heteroatoms. The van der Waals surface area contributed by atoms with Crippen molar-refractivity contribution in [2.24, 2.45) is 5.92 Å². The number of para-hydroxylation sites is 1. The zero-order valence-electron chi connectivity index (χ0n) is 15.0. The van der Waals surface area contributed by atoms with Gasteiger partial charge >= 0.3 is 0 Å². The number of benzene rings is 1. The Bertz CT molecular complexity index is 663. The number of fused-ring (bicyclic) bond motifs is 5. The Hall–Kier alpha value is -1.18. The van der Waals surface area contributed by atoms with E-state index in [2.05, 4.69) is 26.0 Å². The van der Waals surface area contributed by atoms with Crippen LogP contribution >= 0.6 is 0 Å². The van der Waals surface area contributed by atoms with E-state index in [1.807, 2.05) is 37.1 Å². The second kappa shape index (κ2) is 5.18. The van der Waals surface area contributed by atoms with E-state index >= 15 is 0 Å². The fraction of sp³-hybridized carbons (Fsp3) is 0.684. The molecule has 4 saturated heterocycles.